The predicted molar refractivity (Wildman–Crippen MR) is 232 cm³/mol. The molecule has 0 aromatic carbocycles. The Morgan fingerprint density at radius 3 is 1.68 bits per heavy atom. The molecule has 6 heterocycles. The lowest BCUT2D eigenvalue weighted by Gasteiger charge is -2.15. The summed E-state index contributed by atoms with van der Waals surface area (Å²) in [4.78, 5) is 54.0. The van der Waals surface area contributed by atoms with E-state index in [1.165, 1.54) is 15.8 Å². The van der Waals surface area contributed by atoms with Crippen LogP contribution in [0.15, 0.2) is 50.7 Å². The number of hydrogen-bond acceptors (Lipinski definition) is 16. The number of nitrogens with one attached hydrogen (secondary N) is 4. The van der Waals surface area contributed by atoms with Crippen LogP contribution in [-0.2, 0) is 24.2 Å². The van der Waals surface area contributed by atoms with E-state index in [-0.39, 0.29) is 63.0 Å². The third kappa shape index (κ3) is 22.3. The lowest BCUT2D eigenvalue weighted by atomic mass is 9.91. The zero-order valence-corrected chi connectivity index (χ0v) is 39.5. The highest BCUT2D eigenvalue weighted by molar-refractivity contribution is 6.99. The van der Waals surface area contributed by atoms with E-state index in [1.807, 2.05) is 61.5 Å². The van der Waals surface area contributed by atoms with Crippen molar-refractivity contribution in [3.63, 3.8) is 0 Å². The van der Waals surface area contributed by atoms with Gasteiger partial charge in [-0.05, 0) is 47.4 Å². The molecule has 6 rings (SSSR count). The van der Waals surface area contributed by atoms with Gasteiger partial charge in [0.2, 0.25) is 0 Å². The molecule has 4 N–H and O–H groups in total. The van der Waals surface area contributed by atoms with Crippen LogP contribution in [0, 0.1) is 23.2 Å². The number of aromatic nitrogens is 10. The first kappa shape index (κ1) is 52.9. The van der Waals surface area contributed by atoms with Crippen LogP contribution in [-0.4, -0.2) is 71.5 Å². The van der Waals surface area contributed by atoms with Crippen molar-refractivity contribution in [3.8, 4) is 0 Å². The number of rotatable bonds is 6. The van der Waals surface area contributed by atoms with Gasteiger partial charge in [-0.1, -0.05) is 100 Å². The number of aromatic amines is 4. The van der Waals surface area contributed by atoms with Gasteiger partial charge in [0, 0.05) is 60.3 Å². The highest BCUT2D eigenvalue weighted by Crippen LogP contribution is 2.19. The number of carbonyl (C=O) groups is 1. The fourth-order valence-corrected chi connectivity index (χ4v) is 5.57. The summed E-state index contributed by atoms with van der Waals surface area (Å²) in [6.45, 7) is 33.3. The van der Waals surface area contributed by atoms with Crippen LogP contribution in [0.3, 0.4) is 0 Å². The number of tetrazole rings is 1. The topological polar surface area (TPSA) is 272 Å². The quantitative estimate of drug-likeness (QED) is 0.140. The molecule has 0 radical (unpaired) electrons. The molecule has 20 nitrogen and oxygen atoms in total. The average Bonchev–Trinajstić information content (AvgIpc) is 3.96. The number of aryl methyl sites for hydroxylation is 1. The Morgan fingerprint density at radius 2 is 1.38 bits per heavy atom. The normalized spacial score (nSPS) is 12.4. The second kappa shape index (κ2) is 24.2. The molecule has 60 heavy (non-hydrogen) atoms. The highest BCUT2D eigenvalue weighted by atomic mass is 32.1. The van der Waals surface area contributed by atoms with Gasteiger partial charge in [-0.3, -0.25) is 27.9 Å². The molecule has 1 aliphatic rings. The molecule has 0 atom stereocenters. The van der Waals surface area contributed by atoms with Crippen molar-refractivity contribution in [3.05, 3.63) is 82.3 Å². The van der Waals surface area contributed by atoms with Crippen LogP contribution in [0.2, 0.25) is 0 Å². The first-order valence-corrected chi connectivity index (χ1v) is 21.0. The van der Waals surface area contributed by atoms with Gasteiger partial charge in [-0.25, -0.2) is 14.9 Å². The van der Waals surface area contributed by atoms with Gasteiger partial charge in [0.25, 0.3) is 22.6 Å². The van der Waals surface area contributed by atoms with Crippen molar-refractivity contribution < 1.29 is 13.8 Å². The Hall–Kier alpha value is -5.12. The maximum atomic E-state index is 11.0. The molecule has 0 bridgehead atoms. The molecule has 5 aromatic rings. The largest absolute Gasteiger partial charge is 0.384 e. The number of H-pyrrole nitrogens is 4. The van der Waals surface area contributed by atoms with Gasteiger partial charge in [0.05, 0.1) is 18.3 Å². The van der Waals surface area contributed by atoms with Gasteiger partial charge in [0.15, 0.2) is 0 Å². The monoisotopic (exact) mass is 879 g/mol. The summed E-state index contributed by atoms with van der Waals surface area (Å²) < 4.78 is 24.2. The average molecular weight is 880 g/mol. The summed E-state index contributed by atoms with van der Waals surface area (Å²) in [6.07, 6.45) is 1.53. The van der Waals surface area contributed by atoms with Crippen molar-refractivity contribution in [1.29, 1.82) is 0 Å². The highest BCUT2D eigenvalue weighted by Gasteiger charge is 2.20. The molecule has 22 heteroatoms. The molecule has 0 saturated heterocycles. The molecule has 0 saturated carbocycles. The molecular formula is C38H65N13O7S2. The molecule has 0 unspecified atom stereocenters. The first-order valence-electron chi connectivity index (χ1n) is 19.4. The van der Waals surface area contributed by atoms with E-state index in [4.69, 9.17) is 9.05 Å². The van der Waals surface area contributed by atoms with Gasteiger partial charge in [-0.15, -0.1) is 0 Å². The van der Waals surface area contributed by atoms with E-state index in [0.717, 1.165) is 53.5 Å². The number of carbonyl (C=O) groups excluding carboxylic acids is 1. The van der Waals surface area contributed by atoms with Crippen LogP contribution in [0.4, 0.5) is 0 Å². The second-order valence-corrected chi connectivity index (χ2v) is 19.5. The van der Waals surface area contributed by atoms with Crippen LogP contribution in [0.1, 0.15) is 144 Å². The van der Waals surface area contributed by atoms with Crippen LogP contribution < -0.4 is 22.4 Å². The lowest BCUT2D eigenvalue weighted by Crippen LogP contribution is -2.29. The van der Waals surface area contributed by atoms with Crippen LogP contribution in [0.5, 0.6) is 0 Å². The van der Waals surface area contributed by atoms with Gasteiger partial charge in [0.1, 0.15) is 29.5 Å². The standard InChI is InChI=1S/C8H13NO2.C7H12N2OS.C7H11NO.C6H12N4O.C5H9N3O.C5H8N2OS/c1-8(2,3)5-6-4-7(10)9-11-6;1-7(2,3)4-5-6(10)9-11-8-5;1-5(2)7-4-6(3)8-9-7;1-6(2,3)4-10-5(11)7-8-9-10;1-4(2)8-5(9)3-6-7-8;1-3(2)4-5(8)7-9-6-4/h4H,5H2,1-3H3,(H,9,10);4H2,1-3H3,(H,9,10);4-5H,1-3H3;4H2,1-3H3,(H,7,9,11);4H,3H2,1-2H3;3H,1-2H3,(H,7,8). The summed E-state index contributed by atoms with van der Waals surface area (Å²) in [5, 5.41) is 23.8. The lowest BCUT2D eigenvalue weighted by molar-refractivity contribution is -0.129. The smallest absolute Gasteiger partial charge is 0.361 e. The van der Waals surface area contributed by atoms with E-state index in [9.17, 15) is 24.0 Å². The summed E-state index contributed by atoms with van der Waals surface area (Å²) >= 11 is 2.23. The number of hydrogen-bond donors (Lipinski definition) is 4. The van der Waals surface area contributed by atoms with E-state index < -0.39 is 0 Å². The SMILES string of the molecule is CC(C)(C)Cc1cc(=O)[nH]o1.CC(C)(C)Cc1ns[nH]c1=O.CC(C)(C)Cn1nn[nH]c1=O.CC(C)N1N=NCC1=O.CC(C)c1ns[nH]c1=O.Cc1cc(C(C)C)on1. The Balaban J connectivity index is 0.000000361. The zero-order valence-electron chi connectivity index (χ0n) is 37.9. The maximum Gasteiger partial charge on any atom is 0.361 e. The summed E-state index contributed by atoms with van der Waals surface area (Å²) in [6, 6.07) is 3.60. The van der Waals surface area contributed by atoms with Gasteiger partial charge >= 0.3 is 5.69 Å². The van der Waals surface area contributed by atoms with Gasteiger partial charge in [-0.2, -0.15) is 23.7 Å². The fourth-order valence-electron chi connectivity index (χ4n) is 4.44. The number of nitrogens with zero attached hydrogens (tertiary/aromatic N) is 9. The Labute approximate surface area is 358 Å². The van der Waals surface area contributed by atoms with E-state index in [0.29, 0.717) is 23.9 Å². The zero-order chi connectivity index (χ0) is 46.0. The first-order chi connectivity index (χ1) is 27.6. The third-order valence-electron chi connectivity index (χ3n) is 7.08. The maximum absolute atomic E-state index is 11.0. The molecule has 5 aromatic heterocycles. The molecular weight excluding hydrogens is 815 g/mol. The molecule has 1 aliphatic heterocycles. The molecule has 1 amide bonds. The number of amides is 1. The van der Waals surface area contributed by atoms with Crippen molar-refractivity contribution in [2.24, 2.45) is 26.6 Å². The molecule has 336 valence electrons. The summed E-state index contributed by atoms with van der Waals surface area (Å²) in [7, 11) is 0. The predicted octanol–water partition coefficient (Wildman–Crippen LogP) is 6.65. The second-order valence-electron chi connectivity index (χ2n) is 18.3. The third-order valence-corrected chi connectivity index (χ3v) is 8.23. The molecule has 0 fully saturated rings. The minimum absolute atomic E-state index is 0.00926. The minimum Gasteiger partial charge on any atom is -0.384 e. The van der Waals surface area contributed by atoms with Crippen molar-refractivity contribution in [2.75, 3.05) is 6.54 Å². The summed E-state index contributed by atoms with van der Waals surface area (Å²) in [5.74, 6) is 2.37. The molecule has 0 aliphatic carbocycles. The van der Waals surface area contributed by atoms with E-state index >= 15 is 0 Å². The minimum atomic E-state index is -0.250. The van der Waals surface area contributed by atoms with Crippen molar-refractivity contribution >= 4 is 29.4 Å². The summed E-state index contributed by atoms with van der Waals surface area (Å²) in [5.41, 5.74) is 2.12. The fraction of sp³-hybridized carbons (Fsp3) is 0.684. The Kier molecular flexibility index (Phi) is 21.3. The van der Waals surface area contributed by atoms with E-state index in [2.05, 4.69) is 109 Å². The molecule has 0 spiro atoms. The van der Waals surface area contributed by atoms with Crippen molar-refractivity contribution in [2.45, 2.75) is 148 Å². The Bertz CT molecular complexity index is 2170. The van der Waals surface area contributed by atoms with Crippen LogP contribution in [0.25, 0.3) is 0 Å². The van der Waals surface area contributed by atoms with E-state index in [1.54, 1.807) is 0 Å². The van der Waals surface area contributed by atoms with Crippen LogP contribution >= 0.6 is 23.5 Å². The van der Waals surface area contributed by atoms with Crippen molar-refractivity contribution in [1.82, 2.24) is 53.0 Å². The Morgan fingerprint density at radius 1 is 0.783 bits per heavy atom. The van der Waals surface area contributed by atoms with Gasteiger partial charge < -0.3 is 9.05 Å².